The molecule has 1 saturated carbocycles. The number of carbonyl (C=O) groups is 1. The average molecular weight is 405 g/mol. The molecular weight excluding hydrogens is 377 g/mol. The zero-order valence-corrected chi connectivity index (χ0v) is 17.2. The number of nitro groups is 1. The fraction of sp³-hybridized carbons (Fsp3) is 0.571. The maximum Gasteiger partial charge on any atom is 0.410 e. The molecule has 1 fully saturated rings. The van der Waals surface area contributed by atoms with E-state index in [0.717, 1.165) is 37.3 Å². The van der Waals surface area contributed by atoms with Crippen LogP contribution in [0.15, 0.2) is 18.2 Å². The molecule has 1 aromatic carbocycles. The van der Waals surface area contributed by atoms with Crippen molar-refractivity contribution in [3.8, 4) is 0 Å². The first kappa shape index (κ1) is 21.1. The van der Waals surface area contributed by atoms with Crippen LogP contribution in [-0.2, 0) is 4.74 Å². The van der Waals surface area contributed by atoms with Crippen molar-refractivity contribution in [2.75, 3.05) is 18.4 Å². The van der Waals surface area contributed by atoms with Crippen LogP contribution >= 0.6 is 0 Å². The number of ether oxygens (including phenoxy) is 1. The molecule has 2 aliphatic rings. The Hall–Kier alpha value is -2.64. The normalized spacial score (nSPS) is 17.8. The van der Waals surface area contributed by atoms with Gasteiger partial charge in [0.25, 0.3) is 5.69 Å². The number of nitro benzene ring substituents is 1. The maximum absolute atomic E-state index is 14.7. The monoisotopic (exact) mass is 405 g/mol. The van der Waals surface area contributed by atoms with Crippen molar-refractivity contribution in [1.29, 1.82) is 0 Å². The highest BCUT2D eigenvalue weighted by Crippen LogP contribution is 2.35. The van der Waals surface area contributed by atoms with Crippen LogP contribution < -0.4 is 5.32 Å². The third-order valence-electron chi connectivity index (χ3n) is 5.20. The van der Waals surface area contributed by atoms with Gasteiger partial charge in [0.05, 0.1) is 11.0 Å². The lowest BCUT2D eigenvalue weighted by Crippen LogP contribution is -2.39. The number of halogens is 1. The van der Waals surface area contributed by atoms with Gasteiger partial charge in [0.15, 0.2) is 0 Å². The third-order valence-corrected chi connectivity index (χ3v) is 5.20. The number of anilines is 1. The van der Waals surface area contributed by atoms with Crippen LogP contribution in [0.4, 0.5) is 20.6 Å². The van der Waals surface area contributed by atoms with E-state index >= 15 is 0 Å². The summed E-state index contributed by atoms with van der Waals surface area (Å²) in [6, 6.07) is 2.71. The van der Waals surface area contributed by atoms with Gasteiger partial charge in [-0.15, -0.1) is 0 Å². The number of amides is 1. The summed E-state index contributed by atoms with van der Waals surface area (Å²) in [5.41, 5.74) is 0.622. The van der Waals surface area contributed by atoms with E-state index < -0.39 is 22.4 Å². The van der Waals surface area contributed by atoms with E-state index in [-0.39, 0.29) is 11.7 Å². The summed E-state index contributed by atoms with van der Waals surface area (Å²) in [6.45, 7) is 6.14. The average Bonchev–Trinajstić information content (AvgIpc) is 3.14. The molecule has 0 bridgehead atoms. The van der Waals surface area contributed by atoms with Crippen molar-refractivity contribution >= 4 is 23.0 Å². The summed E-state index contributed by atoms with van der Waals surface area (Å²) >= 11 is 0. The molecule has 1 N–H and O–H groups in total. The predicted molar refractivity (Wildman–Crippen MR) is 109 cm³/mol. The highest BCUT2D eigenvalue weighted by atomic mass is 19.1. The Labute approximate surface area is 170 Å². The lowest BCUT2D eigenvalue weighted by molar-refractivity contribution is -0.384. The standard InChI is InChI=1S/C21H28FN3O4/c1-21(2,3)29-20(26)24-10-8-14(9-11-24)16-12-18(23-15-6-4-5-7-15)19(25(27)28)13-17(16)22/h8,12-13,15,23H,4-7,9-11H2,1-3H3. The summed E-state index contributed by atoms with van der Waals surface area (Å²) in [4.78, 5) is 24.6. The number of rotatable bonds is 4. The number of hydrogen-bond acceptors (Lipinski definition) is 5. The molecule has 0 unspecified atom stereocenters. The Bertz CT molecular complexity index is 826. The molecule has 7 nitrogen and oxygen atoms in total. The Kier molecular flexibility index (Phi) is 6.10. The van der Waals surface area contributed by atoms with Crippen LogP contribution in [0, 0.1) is 15.9 Å². The summed E-state index contributed by atoms with van der Waals surface area (Å²) < 4.78 is 20.1. The van der Waals surface area contributed by atoms with Crippen LogP contribution in [0.25, 0.3) is 5.57 Å². The van der Waals surface area contributed by atoms with Gasteiger partial charge in [-0.1, -0.05) is 18.9 Å². The summed E-state index contributed by atoms with van der Waals surface area (Å²) in [5.74, 6) is -0.620. The minimum atomic E-state index is -0.620. The van der Waals surface area contributed by atoms with E-state index in [9.17, 15) is 19.3 Å². The van der Waals surface area contributed by atoms with Crippen LogP contribution in [0.2, 0.25) is 0 Å². The molecule has 1 aromatic rings. The highest BCUT2D eigenvalue weighted by Gasteiger charge is 2.27. The van der Waals surface area contributed by atoms with Crippen LogP contribution in [0.1, 0.15) is 58.4 Å². The topological polar surface area (TPSA) is 84.7 Å². The van der Waals surface area contributed by atoms with Gasteiger partial charge in [-0.2, -0.15) is 0 Å². The summed E-state index contributed by atoms with van der Waals surface area (Å²) in [7, 11) is 0. The van der Waals surface area contributed by atoms with Crippen molar-refractivity contribution in [3.63, 3.8) is 0 Å². The Morgan fingerprint density at radius 2 is 2.00 bits per heavy atom. The van der Waals surface area contributed by atoms with E-state index in [0.29, 0.717) is 30.8 Å². The Morgan fingerprint density at radius 3 is 2.55 bits per heavy atom. The van der Waals surface area contributed by atoms with Gasteiger partial charge in [-0.3, -0.25) is 10.1 Å². The molecule has 0 aromatic heterocycles. The van der Waals surface area contributed by atoms with Crippen molar-refractivity contribution in [1.82, 2.24) is 4.90 Å². The number of carbonyl (C=O) groups excluding carboxylic acids is 1. The van der Waals surface area contributed by atoms with Crippen molar-refractivity contribution in [2.24, 2.45) is 0 Å². The number of nitrogens with one attached hydrogen (secondary N) is 1. The number of benzene rings is 1. The molecule has 1 aliphatic carbocycles. The molecule has 29 heavy (non-hydrogen) atoms. The van der Waals surface area contributed by atoms with Gasteiger partial charge in [0.2, 0.25) is 0 Å². The lowest BCUT2D eigenvalue weighted by Gasteiger charge is -2.29. The van der Waals surface area contributed by atoms with Crippen molar-refractivity contribution in [3.05, 3.63) is 39.7 Å². The first-order valence-corrected chi connectivity index (χ1v) is 10.1. The highest BCUT2D eigenvalue weighted by molar-refractivity contribution is 5.76. The quantitative estimate of drug-likeness (QED) is 0.556. The lowest BCUT2D eigenvalue weighted by atomic mass is 9.97. The second kappa shape index (κ2) is 8.39. The fourth-order valence-electron chi connectivity index (χ4n) is 3.77. The molecule has 1 amide bonds. The van der Waals surface area contributed by atoms with E-state index in [4.69, 9.17) is 4.74 Å². The minimum absolute atomic E-state index is 0.176. The van der Waals surface area contributed by atoms with Crippen molar-refractivity contribution in [2.45, 2.75) is 64.5 Å². The van der Waals surface area contributed by atoms with Crippen molar-refractivity contribution < 1.29 is 18.8 Å². The molecule has 1 heterocycles. The molecule has 3 rings (SSSR count). The van der Waals surface area contributed by atoms with E-state index in [2.05, 4.69) is 5.32 Å². The van der Waals surface area contributed by atoms with Gasteiger partial charge < -0.3 is 15.0 Å². The van der Waals surface area contributed by atoms with E-state index in [1.807, 2.05) is 0 Å². The largest absolute Gasteiger partial charge is 0.444 e. The molecule has 0 atom stereocenters. The third kappa shape index (κ3) is 5.25. The second-order valence-electron chi connectivity index (χ2n) is 8.64. The number of hydrogen-bond donors (Lipinski definition) is 1. The zero-order chi connectivity index (χ0) is 21.2. The van der Waals surface area contributed by atoms with Gasteiger partial charge in [-0.25, -0.2) is 9.18 Å². The molecule has 0 radical (unpaired) electrons. The van der Waals surface area contributed by atoms with Crippen LogP contribution in [-0.4, -0.2) is 40.6 Å². The minimum Gasteiger partial charge on any atom is -0.444 e. The molecular formula is C21H28FN3O4. The van der Waals surface area contributed by atoms with E-state index in [1.54, 1.807) is 37.8 Å². The summed E-state index contributed by atoms with van der Waals surface area (Å²) in [5, 5.41) is 14.6. The fourth-order valence-corrected chi connectivity index (χ4v) is 3.77. The number of nitrogens with zero attached hydrogens (tertiary/aromatic N) is 2. The predicted octanol–water partition coefficient (Wildman–Crippen LogP) is 5.11. The molecule has 0 spiro atoms. The van der Waals surface area contributed by atoms with Gasteiger partial charge >= 0.3 is 6.09 Å². The Morgan fingerprint density at radius 1 is 1.31 bits per heavy atom. The second-order valence-corrected chi connectivity index (χ2v) is 8.64. The summed E-state index contributed by atoms with van der Waals surface area (Å²) in [6.07, 6.45) is 5.93. The van der Waals surface area contributed by atoms with Gasteiger partial charge in [-0.05, 0) is 51.7 Å². The smallest absolute Gasteiger partial charge is 0.410 e. The first-order chi connectivity index (χ1) is 13.6. The zero-order valence-electron chi connectivity index (χ0n) is 17.2. The molecule has 1 aliphatic heterocycles. The Balaban J connectivity index is 1.81. The van der Waals surface area contributed by atoms with E-state index in [1.165, 1.54) is 0 Å². The van der Waals surface area contributed by atoms with Gasteiger partial charge in [0, 0.05) is 24.7 Å². The molecule has 158 valence electrons. The van der Waals surface area contributed by atoms with Crippen LogP contribution in [0.3, 0.4) is 0 Å². The molecule has 0 saturated heterocycles. The molecule has 8 heteroatoms. The van der Waals surface area contributed by atoms with Gasteiger partial charge in [0.1, 0.15) is 17.1 Å². The SMILES string of the molecule is CC(C)(C)OC(=O)N1CC=C(c2cc(NC3CCCC3)c([N+](=O)[O-])cc2F)CC1. The first-order valence-electron chi connectivity index (χ1n) is 10.1. The van der Waals surface area contributed by atoms with Crippen LogP contribution in [0.5, 0.6) is 0 Å². The maximum atomic E-state index is 14.7.